The number of likely N-dealkylation sites (N-methyl/N-ethyl adjacent to an activating group) is 1. The zero-order valence-electron chi connectivity index (χ0n) is 12.2. The van der Waals surface area contributed by atoms with Crippen LogP contribution in [0.5, 0.6) is 0 Å². The minimum atomic E-state index is 0.144. The maximum Gasteiger partial charge on any atom is 0.0446 e. The van der Waals surface area contributed by atoms with Crippen molar-refractivity contribution in [1.82, 2.24) is 14.8 Å². The average molecular weight is 263 g/mol. The molecule has 1 unspecified atom stereocenters. The van der Waals surface area contributed by atoms with Gasteiger partial charge in [0.15, 0.2) is 0 Å². The summed E-state index contributed by atoms with van der Waals surface area (Å²) in [4.78, 5) is 8.95. The first-order chi connectivity index (χ1) is 9.03. The number of aliphatic hydroxyl groups is 1. The summed E-state index contributed by atoms with van der Waals surface area (Å²) in [6, 6.07) is 4.58. The third-order valence-corrected chi connectivity index (χ3v) is 4.20. The van der Waals surface area contributed by atoms with E-state index in [9.17, 15) is 5.11 Å². The third kappa shape index (κ3) is 3.53. The van der Waals surface area contributed by atoms with Crippen molar-refractivity contribution in [2.75, 3.05) is 26.7 Å². The first kappa shape index (κ1) is 14.4. The number of nitrogens with zero attached hydrogens (tertiary/aromatic N) is 3. The molecule has 1 aliphatic heterocycles. The molecular weight excluding hydrogens is 238 g/mol. The summed E-state index contributed by atoms with van der Waals surface area (Å²) in [6.07, 6.45) is 4.54. The molecule has 0 saturated carbocycles. The summed E-state index contributed by atoms with van der Waals surface area (Å²) in [5.74, 6) is 0. The fourth-order valence-corrected chi connectivity index (χ4v) is 2.94. The summed E-state index contributed by atoms with van der Waals surface area (Å²) >= 11 is 0. The zero-order chi connectivity index (χ0) is 13.9. The van der Waals surface area contributed by atoms with Crippen LogP contribution in [-0.4, -0.2) is 58.2 Å². The van der Waals surface area contributed by atoms with Gasteiger partial charge in [-0.05, 0) is 45.0 Å². The Morgan fingerprint density at radius 1 is 1.37 bits per heavy atom. The molecule has 1 aromatic heterocycles. The molecule has 1 aromatic rings. The predicted molar refractivity (Wildman–Crippen MR) is 76.8 cm³/mol. The van der Waals surface area contributed by atoms with E-state index in [1.165, 1.54) is 5.56 Å². The minimum Gasteiger partial charge on any atom is -0.396 e. The maximum atomic E-state index is 9.23. The normalized spacial score (nSPS) is 24.5. The van der Waals surface area contributed by atoms with Gasteiger partial charge in [-0.3, -0.25) is 14.8 Å². The predicted octanol–water partition coefficient (Wildman–Crippen LogP) is 1.36. The van der Waals surface area contributed by atoms with Gasteiger partial charge >= 0.3 is 0 Å². The van der Waals surface area contributed by atoms with Crippen LogP contribution in [0.1, 0.15) is 25.8 Å². The molecule has 1 aliphatic rings. The van der Waals surface area contributed by atoms with Crippen LogP contribution in [0.25, 0.3) is 0 Å². The molecule has 0 bridgehead atoms. The number of hydrogen-bond donors (Lipinski definition) is 1. The van der Waals surface area contributed by atoms with E-state index < -0.39 is 0 Å². The lowest BCUT2D eigenvalue weighted by Gasteiger charge is -2.50. The van der Waals surface area contributed by atoms with Crippen molar-refractivity contribution in [2.45, 2.75) is 38.4 Å². The summed E-state index contributed by atoms with van der Waals surface area (Å²) in [6.45, 7) is 7.83. The molecule has 0 aromatic carbocycles. The molecular formula is C15H25N3O. The largest absolute Gasteiger partial charge is 0.396 e. The smallest absolute Gasteiger partial charge is 0.0446 e. The van der Waals surface area contributed by atoms with Crippen molar-refractivity contribution in [1.29, 1.82) is 0 Å². The number of rotatable bonds is 4. The van der Waals surface area contributed by atoms with Gasteiger partial charge in [-0.2, -0.15) is 0 Å². The van der Waals surface area contributed by atoms with Crippen molar-refractivity contribution in [3.05, 3.63) is 30.1 Å². The molecule has 4 heteroatoms. The van der Waals surface area contributed by atoms with E-state index in [2.05, 4.69) is 47.8 Å². The number of aromatic nitrogens is 1. The molecule has 19 heavy (non-hydrogen) atoms. The minimum absolute atomic E-state index is 0.144. The van der Waals surface area contributed by atoms with Crippen molar-refractivity contribution in [3.8, 4) is 0 Å². The molecule has 1 N–H and O–H groups in total. The lowest BCUT2D eigenvalue weighted by Crippen LogP contribution is -2.62. The lowest BCUT2D eigenvalue weighted by molar-refractivity contribution is -0.0178. The Kier molecular flexibility index (Phi) is 4.55. The second kappa shape index (κ2) is 5.99. The second-order valence-corrected chi connectivity index (χ2v) is 6.11. The van der Waals surface area contributed by atoms with Crippen LogP contribution in [-0.2, 0) is 6.54 Å². The Morgan fingerprint density at radius 2 is 2.05 bits per heavy atom. The van der Waals surface area contributed by atoms with Gasteiger partial charge in [0.1, 0.15) is 0 Å². The van der Waals surface area contributed by atoms with E-state index in [1.54, 1.807) is 0 Å². The van der Waals surface area contributed by atoms with Gasteiger partial charge in [0.25, 0.3) is 0 Å². The fourth-order valence-electron chi connectivity index (χ4n) is 2.94. The highest BCUT2D eigenvalue weighted by molar-refractivity contribution is 5.10. The molecule has 0 spiro atoms. The monoisotopic (exact) mass is 263 g/mol. The van der Waals surface area contributed by atoms with Gasteiger partial charge in [0.2, 0.25) is 0 Å². The number of pyridine rings is 1. The molecule has 106 valence electrons. The van der Waals surface area contributed by atoms with Gasteiger partial charge in [0.05, 0.1) is 0 Å². The Labute approximate surface area is 116 Å². The lowest BCUT2D eigenvalue weighted by atomic mass is 9.94. The van der Waals surface area contributed by atoms with E-state index in [0.717, 1.165) is 26.1 Å². The van der Waals surface area contributed by atoms with Gasteiger partial charge < -0.3 is 5.11 Å². The summed E-state index contributed by atoms with van der Waals surface area (Å²) in [5, 5.41) is 9.23. The van der Waals surface area contributed by atoms with E-state index in [0.29, 0.717) is 6.04 Å². The molecule has 2 heterocycles. The van der Waals surface area contributed by atoms with Crippen LogP contribution in [0.2, 0.25) is 0 Å². The number of hydrogen-bond acceptors (Lipinski definition) is 4. The van der Waals surface area contributed by atoms with Gasteiger partial charge in [-0.15, -0.1) is 0 Å². The van der Waals surface area contributed by atoms with Crippen LogP contribution in [0.15, 0.2) is 24.5 Å². The molecule has 0 amide bonds. The van der Waals surface area contributed by atoms with E-state index in [-0.39, 0.29) is 12.1 Å². The first-order valence-electron chi connectivity index (χ1n) is 6.98. The maximum absolute atomic E-state index is 9.23. The quantitative estimate of drug-likeness (QED) is 0.890. The van der Waals surface area contributed by atoms with Crippen LogP contribution < -0.4 is 0 Å². The van der Waals surface area contributed by atoms with E-state index >= 15 is 0 Å². The highest BCUT2D eigenvalue weighted by Crippen LogP contribution is 2.25. The second-order valence-electron chi connectivity index (χ2n) is 6.11. The van der Waals surface area contributed by atoms with Crippen molar-refractivity contribution >= 4 is 0 Å². The Balaban J connectivity index is 2.05. The van der Waals surface area contributed by atoms with Crippen LogP contribution in [0.4, 0.5) is 0 Å². The van der Waals surface area contributed by atoms with Gasteiger partial charge in [-0.1, -0.05) is 0 Å². The topological polar surface area (TPSA) is 39.6 Å². The molecule has 0 aliphatic carbocycles. The Morgan fingerprint density at radius 3 is 2.68 bits per heavy atom. The van der Waals surface area contributed by atoms with E-state index in [4.69, 9.17) is 0 Å². The fraction of sp³-hybridized carbons (Fsp3) is 0.667. The first-order valence-corrected chi connectivity index (χ1v) is 6.98. The SMILES string of the molecule is CN1C(CCO)CN(Cc2ccncc2)CC1(C)C. The number of piperazine rings is 1. The Bertz CT molecular complexity index is 394. The molecule has 1 atom stereocenters. The molecule has 1 fully saturated rings. The zero-order valence-corrected chi connectivity index (χ0v) is 12.2. The molecule has 0 radical (unpaired) electrons. The van der Waals surface area contributed by atoms with E-state index in [1.807, 2.05) is 12.4 Å². The van der Waals surface area contributed by atoms with Gasteiger partial charge in [-0.25, -0.2) is 0 Å². The van der Waals surface area contributed by atoms with Crippen LogP contribution in [0, 0.1) is 0 Å². The summed E-state index contributed by atoms with van der Waals surface area (Å²) in [7, 11) is 2.17. The third-order valence-electron chi connectivity index (χ3n) is 4.20. The van der Waals surface area contributed by atoms with Crippen molar-refractivity contribution in [2.24, 2.45) is 0 Å². The number of aliphatic hydroxyl groups excluding tert-OH is 1. The summed E-state index contributed by atoms with van der Waals surface area (Å²) < 4.78 is 0. The molecule has 2 rings (SSSR count). The van der Waals surface area contributed by atoms with Gasteiger partial charge in [0, 0.05) is 50.2 Å². The van der Waals surface area contributed by atoms with Crippen molar-refractivity contribution in [3.63, 3.8) is 0 Å². The molecule has 1 saturated heterocycles. The highest BCUT2D eigenvalue weighted by atomic mass is 16.3. The highest BCUT2D eigenvalue weighted by Gasteiger charge is 2.36. The summed E-state index contributed by atoms with van der Waals surface area (Å²) in [5.41, 5.74) is 1.45. The van der Waals surface area contributed by atoms with Crippen LogP contribution in [0.3, 0.4) is 0 Å². The standard InChI is InChI=1S/C15H25N3O/c1-15(2)12-18(10-13-4-7-16-8-5-13)11-14(6-9-19)17(15)3/h4-5,7-8,14,19H,6,9-12H2,1-3H3. The van der Waals surface area contributed by atoms with Crippen LogP contribution >= 0.6 is 0 Å². The van der Waals surface area contributed by atoms with Crippen molar-refractivity contribution < 1.29 is 5.11 Å². The average Bonchev–Trinajstić information content (AvgIpc) is 2.36. The Hall–Kier alpha value is -0.970. The molecule has 4 nitrogen and oxygen atoms in total.